The first-order valence-corrected chi connectivity index (χ1v) is 8.77. The lowest BCUT2D eigenvalue weighted by atomic mass is 10.1. The molecule has 3 rings (SSSR count). The number of hydrogen-bond acceptors (Lipinski definition) is 5. The van der Waals surface area contributed by atoms with Crippen LogP contribution in [-0.4, -0.2) is 27.6 Å². The van der Waals surface area contributed by atoms with Crippen molar-refractivity contribution in [1.82, 2.24) is 0 Å². The van der Waals surface area contributed by atoms with E-state index in [0.717, 1.165) is 0 Å². The van der Waals surface area contributed by atoms with Gasteiger partial charge in [-0.05, 0) is 24.3 Å². The van der Waals surface area contributed by atoms with Crippen LogP contribution in [0.3, 0.4) is 0 Å². The van der Waals surface area contributed by atoms with Crippen molar-refractivity contribution in [3.63, 3.8) is 0 Å². The SMILES string of the molecule is COc1cc(S(=O)C(C)C)cc2c(=O)c3cc(C(=O)O)ccc3oc12. The first kappa shape index (κ1) is 17.2. The minimum absolute atomic E-state index is 0.00646. The van der Waals surface area contributed by atoms with Crippen LogP contribution < -0.4 is 10.2 Å². The fourth-order valence-electron chi connectivity index (χ4n) is 2.58. The maximum Gasteiger partial charge on any atom is 0.335 e. The zero-order chi connectivity index (χ0) is 18.3. The molecule has 3 aromatic rings. The maximum absolute atomic E-state index is 12.9. The molecular formula is C18H16O6S. The fraction of sp³-hybridized carbons (Fsp3) is 0.222. The van der Waals surface area contributed by atoms with Gasteiger partial charge >= 0.3 is 5.97 Å². The zero-order valence-electron chi connectivity index (χ0n) is 13.9. The number of rotatable bonds is 4. The molecule has 1 heterocycles. The molecule has 1 unspecified atom stereocenters. The lowest BCUT2D eigenvalue weighted by molar-refractivity contribution is 0.0697. The first-order chi connectivity index (χ1) is 11.8. The van der Waals surface area contributed by atoms with Crippen molar-refractivity contribution in [2.24, 2.45) is 0 Å². The van der Waals surface area contributed by atoms with Gasteiger partial charge in [-0.2, -0.15) is 0 Å². The molecule has 0 aliphatic carbocycles. The number of carbonyl (C=O) groups is 1. The van der Waals surface area contributed by atoms with Gasteiger partial charge in [-0.25, -0.2) is 4.79 Å². The molecule has 1 N–H and O–H groups in total. The Kier molecular flexibility index (Phi) is 4.34. The van der Waals surface area contributed by atoms with Crippen LogP contribution in [0.1, 0.15) is 24.2 Å². The highest BCUT2D eigenvalue weighted by molar-refractivity contribution is 7.85. The molecule has 0 bridgehead atoms. The number of methoxy groups -OCH3 is 1. The van der Waals surface area contributed by atoms with E-state index >= 15 is 0 Å². The van der Waals surface area contributed by atoms with Gasteiger partial charge in [0, 0.05) is 16.2 Å². The largest absolute Gasteiger partial charge is 0.493 e. The first-order valence-electron chi connectivity index (χ1n) is 7.56. The fourth-order valence-corrected chi connectivity index (χ4v) is 3.58. The number of carboxylic acid groups (broad SMARTS) is 1. The van der Waals surface area contributed by atoms with Crippen LogP contribution in [0.5, 0.6) is 5.75 Å². The van der Waals surface area contributed by atoms with Crippen molar-refractivity contribution in [2.75, 3.05) is 7.11 Å². The Morgan fingerprint density at radius 3 is 2.52 bits per heavy atom. The molecule has 0 aliphatic rings. The molecule has 0 fully saturated rings. The molecule has 0 radical (unpaired) electrons. The van der Waals surface area contributed by atoms with Crippen LogP contribution in [0.25, 0.3) is 21.9 Å². The number of carboxylic acids is 1. The van der Waals surface area contributed by atoms with Gasteiger partial charge in [0.05, 0.1) is 34.2 Å². The van der Waals surface area contributed by atoms with E-state index in [1.165, 1.54) is 31.4 Å². The molecule has 1 aromatic heterocycles. The molecule has 0 spiro atoms. The third-order valence-corrected chi connectivity index (χ3v) is 5.39. The van der Waals surface area contributed by atoms with Crippen molar-refractivity contribution < 1.29 is 23.3 Å². The summed E-state index contributed by atoms with van der Waals surface area (Å²) in [5.74, 6) is -0.823. The number of hydrogen-bond donors (Lipinski definition) is 1. The van der Waals surface area contributed by atoms with Crippen molar-refractivity contribution in [3.05, 3.63) is 46.1 Å². The number of ether oxygens (including phenoxy) is 1. The number of aromatic carboxylic acids is 1. The van der Waals surface area contributed by atoms with Crippen molar-refractivity contribution in [1.29, 1.82) is 0 Å². The Hall–Kier alpha value is -2.67. The molecule has 7 heteroatoms. The summed E-state index contributed by atoms with van der Waals surface area (Å²) in [4.78, 5) is 24.5. The Bertz CT molecular complexity index is 1080. The number of benzene rings is 2. The normalized spacial score (nSPS) is 12.6. The van der Waals surface area contributed by atoms with Crippen molar-refractivity contribution >= 4 is 38.7 Å². The average molecular weight is 360 g/mol. The Balaban J connectivity index is 2.41. The van der Waals surface area contributed by atoms with Crippen LogP contribution in [0.2, 0.25) is 0 Å². The molecule has 130 valence electrons. The third kappa shape index (κ3) is 2.91. The van der Waals surface area contributed by atoms with E-state index < -0.39 is 16.8 Å². The molecule has 2 aromatic carbocycles. The summed E-state index contributed by atoms with van der Waals surface area (Å²) >= 11 is 0. The molecule has 0 amide bonds. The highest BCUT2D eigenvalue weighted by atomic mass is 32.2. The zero-order valence-corrected chi connectivity index (χ0v) is 14.7. The number of fused-ring (bicyclic) bond motifs is 2. The summed E-state index contributed by atoms with van der Waals surface area (Å²) in [6.45, 7) is 3.63. The third-order valence-electron chi connectivity index (χ3n) is 3.84. The molecule has 25 heavy (non-hydrogen) atoms. The summed E-state index contributed by atoms with van der Waals surface area (Å²) in [6, 6.07) is 7.21. The van der Waals surface area contributed by atoms with Gasteiger partial charge < -0.3 is 14.3 Å². The van der Waals surface area contributed by atoms with Gasteiger partial charge in [0.25, 0.3) is 0 Å². The predicted molar refractivity (Wildman–Crippen MR) is 95.0 cm³/mol. The molecule has 0 saturated heterocycles. The molecule has 1 atom stereocenters. The van der Waals surface area contributed by atoms with Gasteiger partial charge in [-0.3, -0.25) is 9.00 Å². The van der Waals surface area contributed by atoms with Crippen LogP contribution in [0.4, 0.5) is 0 Å². The van der Waals surface area contributed by atoms with E-state index in [0.29, 0.717) is 10.6 Å². The van der Waals surface area contributed by atoms with E-state index in [4.69, 9.17) is 14.3 Å². The Morgan fingerprint density at radius 2 is 1.92 bits per heavy atom. The monoisotopic (exact) mass is 360 g/mol. The summed E-state index contributed by atoms with van der Waals surface area (Å²) in [5, 5.41) is 9.35. The van der Waals surface area contributed by atoms with E-state index in [1.54, 1.807) is 6.07 Å². The van der Waals surface area contributed by atoms with Gasteiger partial charge in [-0.1, -0.05) is 13.8 Å². The molecule has 0 aliphatic heterocycles. The van der Waals surface area contributed by atoms with Crippen LogP contribution in [0.15, 0.2) is 44.4 Å². The highest BCUT2D eigenvalue weighted by Gasteiger charge is 2.18. The predicted octanol–water partition coefficient (Wildman–Crippen LogP) is 3.17. The average Bonchev–Trinajstić information content (AvgIpc) is 2.60. The molecule has 0 saturated carbocycles. The van der Waals surface area contributed by atoms with Crippen molar-refractivity contribution in [2.45, 2.75) is 24.0 Å². The molecular weight excluding hydrogens is 344 g/mol. The van der Waals surface area contributed by atoms with E-state index in [9.17, 15) is 13.8 Å². The summed E-state index contributed by atoms with van der Waals surface area (Å²) in [6.07, 6.45) is 0. The second-order valence-corrected chi connectivity index (χ2v) is 7.80. The van der Waals surface area contributed by atoms with Crippen LogP contribution in [-0.2, 0) is 10.8 Å². The van der Waals surface area contributed by atoms with E-state index in [1.807, 2.05) is 13.8 Å². The molecule has 6 nitrogen and oxygen atoms in total. The lowest BCUT2D eigenvalue weighted by Crippen LogP contribution is -2.09. The van der Waals surface area contributed by atoms with Gasteiger partial charge in [0.2, 0.25) is 5.43 Å². The summed E-state index contributed by atoms with van der Waals surface area (Å²) in [5.41, 5.74) is 0.111. The van der Waals surface area contributed by atoms with Crippen LogP contribution in [0, 0.1) is 0 Å². The second-order valence-electron chi connectivity index (χ2n) is 5.80. The Labute approximate surface area is 145 Å². The quantitative estimate of drug-likeness (QED) is 0.718. The van der Waals surface area contributed by atoms with Gasteiger partial charge in [-0.15, -0.1) is 0 Å². The van der Waals surface area contributed by atoms with Gasteiger partial charge in [0.1, 0.15) is 5.58 Å². The van der Waals surface area contributed by atoms with Crippen LogP contribution >= 0.6 is 0 Å². The lowest BCUT2D eigenvalue weighted by Gasteiger charge is -2.11. The summed E-state index contributed by atoms with van der Waals surface area (Å²) < 4.78 is 23.5. The van der Waals surface area contributed by atoms with E-state index in [-0.39, 0.29) is 38.2 Å². The van der Waals surface area contributed by atoms with E-state index in [2.05, 4.69) is 0 Å². The second kappa shape index (κ2) is 6.33. The maximum atomic E-state index is 12.9. The topological polar surface area (TPSA) is 93.8 Å². The minimum Gasteiger partial charge on any atom is -0.493 e. The highest BCUT2D eigenvalue weighted by Crippen LogP contribution is 2.30. The van der Waals surface area contributed by atoms with Gasteiger partial charge in [0.15, 0.2) is 11.3 Å². The smallest absolute Gasteiger partial charge is 0.335 e. The standard InChI is InChI=1S/C18H16O6S/c1-9(2)25(22)11-7-13-16(19)12-6-10(18(20)21)4-5-14(12)24-17(13)15(8-11)23-3/h4-9H,1-3H3,(H,20,21). The Morgan fingerprint density at radius 1 is 1.20 bits per heavy atom. The summed E-state index contributed by atoms with van der Waals surface area (Å²) in [7, 11) is 0.128. The minimum atomic E-state index is -1.31. The van der Waals surface area contributed by atoms with Crippen molar-refractivity contribution in [3.8, 4) is 5.75 Å².